The van der Waals surface area contributed by atoms with Gasteiger partial charge in [0.25, 0.3) is 0 Å². The average molecular weight is 388 g/mol. The number of piperidine rings is 1. The SMILES string of the molecule is CCOC(=O)[C@H]1CCCN([C@@H](C)C(=O)Nc2ccc(OC(F)(F)F)cc2)C1. The number of alkyl halides is 3. The van der Waals surface area contributed by atoms with Crippen LogP contribution in [0.3, 0.4) is 0 Å². The first-order chi connectivity index (χ1) is 12.7. The van der Waals surface area contributed by atoms with Gasteiger partial charge in [-0.2, -0.15) is 0 Å². The maximum absolute atomic E-state index is 12.4. The molecule has 0 unspecified atom stereocenters. The largest absolute Gasteiger partial charge is 0.573 e. The van der Waals surface area contributed by atoms with E-state index in [1.165, 1.54) is 12.1 Å². The van der Waals surface area contributed by atoms with Gasteiger partial charge in [0.2, 0.25) is 5.91 Å². The zero-order valence-corrected chi connectivity index (χ0v) is 15.2. The molecule has 2 rings (SSSR count). The van der Waals surface area contributed by atoms with Crippen molar-refractivity contribution in [2.24, 2.45) is 5.92 Å². The molecular weight excluding hydrogens is 365 g/mol. The van der Waals surface area contributed by atoms with Gasteiger partial charge in [0.15, 0.2) is 0 Å². The normalized spacial score (nSPS) is 19.2. The molecule has 0 radical (unpaired) electrons. The Morgan fingerprint density at radius 1 is 1.30 bits per heavy atom. The summed E-state index contributed by atoms with van der Waals surface area (Å²) >= 11 is 0. The van der Waals surface area contributed by atoms with Crippen LogP contribution in [0.25, 0.3) is 0 Å². The van der Waals surface area contributed by atoms with E-state index in [1.807, 2.05) is 4.90 Å². The third-order valence-corrected chi connectivity index (χ3v) is 4.36. The van der Waals surface area contributed by atoms with E-state index in [1.54, 1.807) is 13.8 Å². The van der Waals surface area contributed by atoms with Crippen molar-refractivity contribution in [3.63, 3.8) is 0 Å². The highest BCUT2D eigenvalue weighted by atomic mass is 19.4. The Hall–Kier alpha value is -2.29. The van der Waals surface area contributed by atoms with Crippen molar-refractivity contribution >= 4 is 17.6 Å². The van der Waals surface area contributed by atoms with E-state index in [0.717, 1.165) is 25.0 Å². The molecule has 1 aliphatic heterocycles. The summed E-state index contributed by atoms with van der Waals surface area (Å²) in [6, 6.07) is 4.44. The molecule has 1 fully saturated rings. The molecular formula is C18H23F3N2O4. The maximum atomic E-state index is 12.4. The zero-order valence-electron chi connectivity index (χ0n) is 15.2. The summed E-state index contributed by atoms with van der Waals surface area (Å²) in [4.78, 5) is 26.3. The van der Waals surface area contributed by atoms with Crippen LogP contribution in [0.1, 0.15) is 26.7 Å². The van der Waals surface area contributed by atoms with E-state index in [4.69, 9.17) is 4.74 Å². The Morgan fingerprint density at radius 2 is 1.96 bits per heavy atom. The number of nitrogens with one attached hydrogen (secondary N) is 1. The van der Waals surface area contributed by atoms with Gasteiger partial charge in [-0.3, -0.25) is 14.5 Å². The van der Waals surface area contributed by atoms with Crippen LogP contribution in [0.15, 0.2) is 24.3 Å². The topological polar surface area (TPSA) is 67.9 Å². The molecule has 0 aliphatic carbocycles. The van der Waals surface area contributed by atoms with Crippen molar-refractivity contribution in [1.29, 1.82) is 0 Å². The first-order valence-electron chi connectivity index (χ1n) is 8.77. The summed E-state index contributed by atoms with van der Waals surface area (Å²) in [5, 5.41) is 2.66. The molecule has 1 amide bonds. The van der Waals surface area contributed by atoms with Crippen molar-refractivity contribution < 1.29 is 32.2 Å². The number of ether oxygens (including phenoxy) is 2. The quantitative estimate of drug-likeness (QED) is 0.758. The van der Waals surface area contributed by atoms with Crippen LogP contribution < -0.4 is 10.1 Å². The van der Waals surface area contributed by atoms with Crippen LogP contribution in [0, 0.1) is 5.92 Å². The lowest BCUT2D eigenvalue weighted by molar-refractivity contribution is -0.274. The molecule has 0 aromatic heterocycles. The molecule has 0 bridgehead atoms. The standard InChI is InChI=1S/C18H23F3N2O4/c1-3-26-17(25)13-5-4-10-23(11-13)12(2)16(24)22-14-6-8-15(9-7-14)27-18(19,20)21/h6-9,12-13H,3-5,10-11H2,1-2H3,(H,22,24)/t12-,13-/m0/s1. The van der Waals surface area contributed by atoms with Crippen LogP contribution in [0.2, 0.25) is 0 Å². The number of likely N-dealkylation sites (tertiary alicyclic amines) is 1. The minimum absolute atomic E-state index is 0.255. The molecule has 0 spiro atoms. The van der Waals surface area contributed by atoms with E-state index < -0.39 is 12.4 Å². The van der Waals surface area contributed by atoms with E-state index >= 15 is 0 Å². The highest BCUT2D eigenvalue weighted by Gasteiger charge is 2.32. The zero-order chi connectivity index (χ0) is 20.0. The lowest BCUT2D eigenvalue weighted by Gasteiger charge is -2.35. The number of amides is 1. The van der Waals surface area contributed by atoms with Gasteiger partial charge in [0.05, 0.1) is 18.6 Å². The number of benzene rings is 1. The van der Waals surface area contributed by atoms with Crippen molar-refractivity contribution in [3.05, 3.63) is 24.3 Å². The Labute approximate surface area is 155 Å². The van der Waals surface area contributed by atoms with Crippen LogP contribution >= 0.6 is 0 Å². The van der Waals surface area contributed by atoms with Gasteiger partial charge in [0, 0.05) is 12.2 Å². The molecule has 6 nitrogen and oxygen atoms in total. The summed E-state index contributed by atoms with van der Waals surface area (Å²) in [6.07, 6.45) is -3.25. The maximum Gasteiger partial charge on any atom is 0.573 e. The van der Waals surface area contributed by atoms with Gasteiger partial charge in [-0.1, -0.05) is 0 Å². The number of hydrogen-bond donors (Lipinski definition) is 1. The lowest BCUT2D eigenvalue weighted by atomic mass is 9.97. The van der Waals surface area contributed by atoms with E-state index in [-0.39, 0.29) is 23.5 Å². The number of rotatable bonds is 6. The molecule has 1 aromatic rings. The summed E-state index contributed by atoms with van der Waals surface area (Å²) < 4.78 is 45.4. The predicted molar refractivity (Wildman–Crippen MR) is 92.1 cm³/mol. The Kier molecular flexibility index (Phi) is 7.06. The van der Waals surface area contributed by atoms with Gasteiger partial charge in [-0.15, -0.1) is 13.2 Å². The van der Waals surface area contributed by atoms with Crippen LogP contribution in [0.5, 0.6) is 5.75 Å². The molecule has 1 aromatic carbocycles. The molecule has 150 valence electrons. The molecule has 1 heterocycles. The van der Waals surface area contributed by atoms with Crippen molar-refractivity contribution in [2.75, 3.05) is 25.0 Å². The van der Waals surface area contributed by atoms with E-state index in [0.29, 0.717) is 25.4 Å². The smallest absolute Gasteiger partial charge is 0.466 e. The van der Waals surface area contributed by atoms with Crippen LogP contribution in [0.4, 0.5) is 18.9 Å². The van der Waals surface area contributed by atoms with Crippen LogP contribution in [-0.2, 0) is 14.3 Å². The molecule has 1 N–H and O–H groups in total. The number of nitrogens with zero attached hydrogens (tertiary/aromatic N) is 1. The Bertz CT molecular complexity index is 649. The number of anilines is 1. The fourth-order valence-electron chi connectivity index (χ4n) is 2.96. The summed E-state index contributed by atoms with van der Waals surface area (Å²) in [6.45, 7) is 4.91. The van der Waals surface area contributed by atoms with E-state index in [2.05, 4.69) is 10.1 Å². The van der Waals surface area contributed by atoms with Gasteiger partial charge in [-0.25, -0.2) is 0 Å². The second-order valence-electron chi connectivity index (χ2n) is 6.32. The Morgan fingerprint density at radius 3 is 2.56 bits per heavy atom. The van der Waals surface area contributed by atoms with Gasteiger partial charge in [0.1, 0.15) is 5.75 Å². The van der Waals surface area contributed by atoms with Crippen molar-refractivity contribution in [2.45, 2.75) is 39.1 Å². The van der Waals surface area contributed by atoms with Gasteiger partial charge >= 0.3 is 12.3 Å². The summed E-state index contributed by atoms with van der Waals surface area (Å²) in [5.74, 6) is -1.17. The Balaban J connectivity index is 1.92. The molecule has 2 atom stereocenters. The lowest BCUT2D eigenvalue weighted by Crippen LogP contribution is -2.48. The number of hydrogen-bond acceptors (Lipinski definition) is 5. The average Bonchev–Trinajstić information content (AvgIpc) is 2.62. The molecule has 1 saturated heterocycles. The second kappa shape index (κ2) is 9.07. The molecule has 9 heteroatoms. The number of esters is 1. The highest BCUT2D eigenvalue weighted by molar-refractivity contribution is 5.94. The second-order valence-corrected chi connectivity index (χ2v) is 6.32. The van der Waals surface area contributed by atoms with Crippen molar-refractivity contribution in [3.8, 4) is 5.75 Å². The van der Waals surface area contributed by atoms with Crippen LogP contribution in [-0.4, -0.2) is 48.9 Å². The molecule has 1 aliphatic rings. The van der Waals surface area contributed by atoms with Crippen molar-refractivity contribution in [1.82, 2.24) is 4.90 Å². The minimum atomic E-state index is -4.76. The fourth-order valence-corrected chi connectivity index (χ4v) is 2.96. The third kappa shape index (κ3) is 6.42. The fraction of sp³-hybridized carbons (Fsp3) is 0.556. The predicted octanol–water partition coefficient (Wildman–Crippen LogP) is 3.19. The third-order valence-electron chi connectivity index (χ3n) is 4.36. The van der Waals surface area contributed by atoms with E-state index in [9.17, 15) is 22.8 Å². The minimum Gasteiger partial charge on any atom is -0.466 e. The first-order valence-corrected chi connectivity index (χ1v) is 8.77. The summed E-state index contributed by atoms with van der Waals surface area (Å²) in [7, 11) is 0. The molecule has 27 heavy (non-hydrogen) atoms. The number of carbonyl (C=O) groups is 2. The van der Waals surface area contributed by atoms with Gasteiger partial charge in [-0.05, 0) is 57.5 Å². The molecule has 0 saturated carbocycles. The number of halogens is 3. The van der Waals surface area contributed by atoms with Gasteiger partial charge < -0.3 is 14.8 Å². The highest BCUT2D eigenvalue weighted by Crippen LogP contribution is 2.24. The first kappa shape index (κ1) is 21.0. The monoisotopic (exact) mass is 388 g/mol. The number of carbonyl (C=O) groups excluding carboxylic acids is 2. The summed E-state index contributed by atoms with van der Waals surface area (Å²) in [5.41, 5.74) is 0.361.